The van der Waals surface area contributed by atoms with E-state index in [0.29, 0.717) is 0 Å². The maximum atomic E-state index is 10.6. The minimum absolute atomic E-state index is 0.256. The third-order valence-corrected chi connectivity index (χ3v) is 0.815. The van der Waals surface area contributed by atoms with Gasteiger partial charge in [-0.05, 0) is 13.6 Å². The van der Waals surface area contributed by atoms with Crippen LogP contribution in [0.15, 0.2) is 4.99 Å². The molecule has 0 aromatic rings. The van der Waals surface area contributed by atoms with E-state index < -0.39 is 12.0 Å². The lowest BCUT2D eigenvalue weighted by molar-refractivity contribution is -0.143. The Morgan fingerprint density at radius 3 is 2.90 bits per heavy atom. The van der Waals surface area contributed by atoms with Crippen molar-refractivity contribution in [1.29, 1.82) is 5.26 Å². The fourth-order valence-electron chi connectivity index (χ4n) is 0.389. The van der Waals surface area contributed by atoms with Gasteiger partial charge in [0, 0.05) is 0 Å². The summed E-state index contributed by atoms with van der Waals surface area (Å²) in [4.78, 5) is 13.9. The molecule has 0 saturated carbocycles. The van der Waals surface area contributed by atoms with Gasteiger partial charge < -0.3 is 4.74 Å². The molecule has 4 nitrogen and oxygen atoms in total. The smallest absolute Gasteiger partial charge is 0.345 e. The Bertz CT molecular complexity index is 171. The van der Waals surface area contributed by atoms with Gasteiger partial charge in [0.2, 0.25) is 6.04 Å². The van der Waals surface area contributed by atoms with Crippen molar-refractivity contribution in [2.75, 3.05) is 6.61 Å². The van der Waals surface area contributed by atoms with Gasteiger partial charge in [0.15, 0.2) is 0 Å². The number of carbonyl (C=O) groups excluding carboxylic acids is 1. The first kappa shape index (κ1) is 8.63. The van der Waals surface area contributed by atoms with Crippen molar-refractivity contribution < 1.29 is 9.53 Å². The van der Waals surface area contributed by atoms with Crippen LogP contribution in [0.1, 0.15) is 6.92 Å². The van der Waals surface area contributed by atoms with E-state index in [1.165, 1.54) is 0 Å². The van der Waals surface area contributed by atoms with Gasteiger partial charge in [-0.2, -0.15) is 5.26 Å². The van der Waals surface area contributed by atoms with E-state index in [2.05, 4.69) is 16.4 Å². The molecule has 1 unspecified atom stereocenters. The van der Waals surface area contributed by atoms with E-state index in [4.69, 9.17) is 5.26 Å². The molecule has 0 aromatic heterocycles. The molecule has 10 heavy (non-hydrogen) atoms. The number of ether oxygens (including phenoxy) is 1. The lowest BCUT2D eigenvalue weighted by Crippen LogP contribution is -2.19. The van der Waals surface area contributed by atoms with Gasteiger partial charge in [-0.1, -0.05) is 0 Å². The standard InChI is InChI=1S/C6H8N2O2/c1-3-10-6(9)5(4-7)8-2/h5H,2-3H2,1H3. The number of aliphatic imine (C=N–C) groups is 1. The van der Waals surface area contributed by atoms with E-state index in [1.807, 2.05) is 0 Å². The molecule has 0 fully saturated rings. The van der Waals surface area contributed by atoms with E-state index in [-0.39, 0.29) is 6.61 Å². The van der Waals surface area contributed by atoms with Crippen LogP contribution in [0.5, 0.6) is 0 Å². The zero-order valence-corrected chi connectivity index (χ0v) is 5.70. The first-order chi connectivity index (χ1) is 4.76. The van der Waals surface area contributed by atoms with Crippen molar-refractivity contribution in [3.63, 3.8) is 0 Å². The van der Waals surface area contributed by atoms with Crippen LogP contribution in [0.2, 0.25) is 0 Å². The molecule has 0 aliphatic carbocycles. The van der Waals surface area contributed by atoms with Crippen LogP contribution < -0.4 is 0 Å². The van der Waals surface area contributed by atoms with Gasteiger partial charge in [0.05, 0.1) is 6.61 Å². The number of hydrogen-bond donors (Lipinski definition) is 0. The van der Waals surface area contributed by atoms with E-state index in [9.17, 15) is 4.79 Å². The second kappa shape index (κ2) is 4.50. The van der Waals surface area contributed by atoms with Crippen LogP contribution in [0.3, 0.4) is 0 Å². The molecule has 0 aromatic carbocycles. The van der Waals surface area contributed by atoms with Gasteiger partial charge in [0.1, 0.15) is 6.07 Å². The van der Waals surface area contributed by atoms with Crippen molar-refractivity contribution in [1.82, 2.24) is 0 Å². The predicted octanol–water partition coefficient (Wildman–Crippen LogP) is 0.142. The Hall–Kier alpha value is -1.37. The molecular weight excluding hydrogens is 132 g/mol. The number of esters is 1. The third-order valence-electron chi connectivity index (χ3n) is 0.815. The highest BCUT2D eigenvalue weighted by molar-refractivity contribution is 5.79. The average molecular weight is 140 g/mol. The van der Waals surface area contributed by atoms with Crippen molar-refractivity contribution in [2.24, 2.45) is 4.99 Å². The summed E-state index contributed by atoms with van der Waals surface area (Å²) in [5.41, 5.74) is 0. The van der Waals surface area contributed by atoms with Gasteiger partial charge >= 0.3 is 5.97 Å². The Balaban J connectivity index is 3.92. The molecule has 4 heteroatoms. The van der Waals surface area contributed by atoms with E-state index in [0.717, 1.165) is 0 Å². The Morgan fingerprint density at radius 1 is 2.00 bits per heavy atom. The zero-order valence-electron chi connectivity index (χ0n) is 5.70. The number of hydrogen-bond acceptors (Lipinski definition) is 4. The number of nitriles is 1. The van der Waals surface area contributed by atoms with Crippen LogP contribution >= 0.6 is 0 Å². The summed E-state index contributed by atoms with van der Waals surface area (Å²) in [6.07, 6.45) is 0. The molecule has 0 rings (SSSR count). The summed E-state index contributed by atoms with van der Waals surface area (Å²) in [6.45, 7) is 4.98. The summed E-state index contributed by atoms with van der Waals surface area (Å²) < 4.78 is 4.49. The highest BCUT2D eigenvalue weighted by atomic mass is 16.5. The lowest BCUT2D eigenvalue weighted by atomic mass is 10.3. The van der Waals surface area contributed by atoms with Crippen LogP contribution in [-0.2, 0) is 9.53 Å². The SMILES string of the molecule is C=NC(C#N)C(=O)OCC. The van der Waals surface area contributed by atoms with Crippen molar-refractivity contribution in [3.8, 4) is 6.07 Å². The maximum Gasteiger partial charge on any atom is 0.345 e. The molecule has 54 valence electrons. The highest BCUT2D eigenvalue weighted by Gasteiger charge is 2.15. The molecule has 0 amide bonds. The topological polar surface area (TPSA) is 62.5 Å². The molecule has 0 aliphatic rings. The van der Waals surface area contributed by atoms with Gasteiger partial charge in [-0.15, -0.1) is 0 Å². The molecule has 0 heterocycles. The minimum Gasteiger partial charge on any atom is -0.464 e. The average Bonchev–Trinajstić information content (AvgIpc) is 1.91. The zero-order chi connectivity index (χ0) is 7.98. The molecule has 0 bridgehead atoms. The molecule has 0 spiro atoms. The highest BCUT2D eigenvalue weighted by Crippen LogP contribution is 1.90. The van der Waals surface area contributed by atoms with Crippen molar-refractivity contribution in [2.45, 2.75) is 13.0 Å². The van der Waals surface area contributed by atoms with Gasteiger partial charge in [-0.3, -0.25) is 4.99 Å². The fraction of sp³-hybridized carbons (Fsp3) is 0.500. The largest absolute Gasteiger partial charge is 0.464 e. The van der Waals surface area contributed by atoms with E-state index in [1.54, 1.807) is 13.0 Å². The van der Waals surface area contributed by atoms with Gasteiger partial charge in [-0.25, -0.2) is 4.79 Å². The molecule has 0 N–H and O–H groups in total. The first-order valence-electron chi connectivity index (χ1n) is 2.78. The summed E-state index contributed by atoms with van der Waals surface area (Å²) in [5, 5.41) is 8.24. The van der Waals surface area contributed by atoms with Crippen LogP contribution in [0.25, 0.3) is 0 Å². The summed E-state index contributed by atoms with van der Waals surface area (Å²) in [6, 6.07) is 0.563. The Morgan fingerprint density at radius 2 is 2.60 bits per heavy atom. The lowest BCUT2D eigenvalue weighted by Gasteiger charge is -2.00. The van der Waals surface area contributed by atoms with Crippen LogP contribution in [-0.4, -0.2) is 25.3 Å². The van der Waals surface area contributed by atoms with E-state index >= 15 is 0 Å². The second-order valence-corrected chi connectivity index (χ2v) is 1.47. The first-order valence-corrected chi connectivity index (χ1v) is 2.78. The predicted molar refractivity (Wildman–Crippen MR) is 35.6 cm³/mol. The quantitative estimate of drug-likeness (QED) is 0.414. The van der Waals surface area contributed by atoms with Crippen molar-refractivity contribution >= 4 is 12.7 Å². The molecule has 1 atom stereocenters. The summed E-state index contributed by atoms with van der Waals surface area (Å²) in [5.74, 6) is -0.639. The number of nitrogens with zero attached hydrogens (tertiary/aromatic N) is 2. The Kier molecular flexibility index (Phi) is 3.89. The molecule has 0 radical (unpaired) electrons. The second-order valence-electron chi connectivity index (χ2n) is 1.47. The maximum absolute atomic E-state index is 10.6. The monoisotopic (exact) mass is 140 g/mol. The molecule has 0 saturated heterocycles. The van der Waals surface area contributed by atoms with Crippen LogP contribution in [0, 0.1) is 11.3 Å². The number of carbonyl (C=O) groups is 1. The number of rotatable bonds is 3. The summed E-state index contributed by atoms with van der Waals surface area (Å²) in [7, 11) is 0. The minimum atomic E-state index is -1.07. The molecular formula is C6H8N2O2. The Labute approximate surface area is 59.1 Å². The summed E-state index contributed by atoms with van der Waals surface area (Å²) >= 11 is 0. The normalized spacial score (nSPS) is 11.2. The van der Waals surface area contributed by atoms with Crippen LogP contribution in [0.4, 0.5) is 0 Å². The fourth-order valence-corrected chi connectivity index (χ4v) is 0.389. The molecule has 0 aliphatic heterocycles. The van der Waals surface area contributed by atoms with Gasteiger partial charge in [0.25, 0.3) is 0 Å². The third kappa shape index (κ3) is 2.27. The van der Waals surface area contributed by atoms with Crippen molar-refractivity contribution in [3.05, 3.63) is 0 Å².